The Hall–Kier alpha value is -2.14. The van der Waals surface area contributed by atoms with Crippen LogP contribution in [0.1, 0.15) is 17.5 Å². The average Bonchev–Trinajstić information content (AvgIpc) is 3.13. The Morgan fingerprint density at radius 2 is 2.07 bits per heavy atom. The third-order valence-corrected chi connectivity index (χ3v) is 5.23. The second kappa shape index (κ2) is 9.70. The highest BCUT2D eigenvalue weighted by Crippen LogP contribution is 2.21. The van der Waals surface area contributed by atoms with Crippen LogP contribution < -0.4 is 9.46 Å². The molecule has 0 bridgehead atoms. The fraction of sp³-hybridized carbons (Fsp3) is 0.350. The van der Waals surface area contributed by atoms with E-state index in [1.54, 1.807) is 30.1 Å². The minimum Gasteiger partial charge on any atom is -0.488 e. The summed E-state index contributed by atoms with van der Waals surface area (Å²) >= 11 is 1.56. The number of nitrogens with zero attached hydrogens (tertiary/aromatic N) is 2. The van der Waals surface area contributed by atoms with Crippen LogP contribution in [-0.2, 0) is 6.54 Å². The summed E-state index contributed by atoms with van der Waals surface area (Å²) in [6.07, 6.45) is -1.40. The lowest BCUT2D eigenvalue weighted by molar-refractivity contribution is 0.0819. The average molecular weight is 389 g/mol. The van der Waals surface area contributed by atoms with Gasteiger partial charge in [-0.2, -0.15) is 5.26 Å². The van der Waals surface area contributed by atoms with Crippen molar-refractivity contribution in [3.05, 3.63) is 59.7 Å². The summed E-state index contributed by atoms with van der Waals surface area (Å²) in [5.74, 6) is 0.469. The van der Waals surface area contributed by atoms with Crippen molar-refractivity contribution in [3.63, 3.8) is 0 Å². The number of ether oxygens (including phenoxy) is 1. The zero-order valence-electron chi connectivity index (χ0n) is 14.8. The molecule has 3 rings (SSSR count). The van der Waals surface area contributed by atoms with Crippen LogP contribution in [0.5, 0.6) is 5.75 Å². The highest BCUT2D eigenvalue weighted by atomic mass is 32.2. The van der Waals surface area contributed by atoms with Crippen LogP contribution in [0.25, 0.3) is 0 Å². The Kier molecular flexibility index (Phi) is 7.04. The molecule has 1 aliphatic rings. The number of hydrogen-bond acceptors (Lipinski definition) is 5. The molecule has 0 radical (unpaired) electrons. The number of alkyl halides is 2. The smallest absolute Gasteiger partial charge is 0.272 e. The number of hydrogen-bond donors (Lipinski definition) is 1. The molecule has 2 aromatic rings. The van der Waals surface area contributed by atoms with E-state index in [-0.39, 0.29) is 0 Å². The summed E-state index contributed by atoms with van der Waals surface area (Å²) in [7, 11) is 0. The van der Waals surface area contributed by atoms with Crippen LogP contribution in [0, 0.1) is 11.3 Å². The maximum atomic E-state index is 12.2. The second-order valence-electron chi connectivity index (χ2n) is 6.43. The molecule has 1 atom stereocenters. The lowest BCUT2D eigenvalue weighted by atomic mass is 10.2. The lowest BCUT2D eigenvalue weighted by Crippen LogP contribution is -2.28. The van der Waals surface area contributed by atoms with Crippen LogP contribution >= 0.6 is 11.9 Å². The van der Waals surface area contributed by atoms with Gasteiger partial charge in [-0.25, -0.2) is 8.78 Å². The molecule has 0 aromatic heterocycles. The number of likely N-dealkylation sites (tertiary alicyclic amines) is 1. The highest BCUT2D eigenvalue weighted by molar-refractivity contribution is 7.97. The number of nitrogens with one attached hydrogen (secondary N) is 1. The molecule has 4 nitrogen and oxygen atoms in total. The van der Waals surface area contributed by atoms with E-state index in [0.29, 0.717) is 17.4 Å². The third kappa shape index (κ3) is 6.21. The summed E-state index contributed by atoms with van der Waals surface area (Å²) < 4.78 is 32.8. The van der Waals surface area contributed by atoms with Gasteiger partial charge in [-0.15, -0.1) is 0 Å². The van der Waals surface area contributed by atoms with Gasteiger partial charge < -0.3 is 4.74 Å². The van der Waals surface area contributed by atoms with Gasteiger partial charge in [0.05, 0.1) is 11.6 Å². The van der Waals surface area contributed by atoms with Crippen LogP contribution in [0.15, 0.2) is 53.4 Å². The van der Waals surface area contributed by atoms with Gasteiger partial charge in [0.25, 0.3) is 6.43 Å². The van der Waals surface area contributed by atoms with Gasteiger partial charge in [0.2, 0.25) is 0 Å². The molecule has 1 fully saturated rings. The van der Waals surface area contributed by atoms with Crippen molar-refractivity contribution in [2.75, 3.05) is 19.7 Å². The van der Waals surface area contributed by atoms with Crippen molar-refractivity contribution in [1.29, 1.82) is 5.26 Å². The van der Waals surface area contributed by atoms with E-state index in [1.807, 2.05) is 30.3 Å². The zero-order valence-corrected chi connectivity index (χ0v) is 15.6. The fourth-order valence-electron chi connectivity index (χ4n) is 2.96. The Labute approximate surface area is 162 Å². The molecule has 1 heterocycles. The number of benzene rings is 2. The molecule has 1 unspecified atom stereocenters. The zero-order chi connectivity index (χ0) is 19.1. The molecular formula is C20H21F2N3OS. The molecule has 0 amide bonds. The first-order valence-electron chi connectivity index (χ1n) is 8.77. The van der Waals surface area contributed by atoms with Crippen LogP contribution in [0.2, 0.25) is 0 Å². The minimum atomic E-state index is -2.46. The van der Waals surface area contributed by atoms with E-state index in [9.17, 15) is 8.78 Å². The standard InChI is InChI=1S/C20H21F2N3OS/c21-20(22)14-26-18-6-4-15(5-7-18)12-25-9-8-17(13-25)24-27-19-3-1-2-16(10-19)11-23/h1-7,10,17,20,24H,8-9,12-14H2. The molecule has 142 valence electrons. The summed E-state index contributed by atoms with van der Waals surface area (Å²) in [4.78, 5) is 3.39. The van der Waals surface area contributed by atoms with Crippen LogP contribution in [-0.4, -0.2) is 37.1 Å². The van der Waals surface area contributed by atoms with Gasteiger partial charge in [0, 0.05) is 30.6 Å². The summed E-state index contributed by atoms with van der Waals surface area (Å²) in [6.45, 7) is 2.18. The number of halogens is 2. The van der Waals surface area contributed by atoms with Gasteiger partial charge >= 0.3 is 0 Å². The highest BCUT2D eigenvalue weighted by Gasteiger charge is 2.22. The van der Waals surface area contributed by atoms with Crippen molar-refractivity contribution in [2.24, 2.45) is 0 Å². The Balaban J connectivity index is 1.43. The third-order valence-electron chi connectivity index (χ3n) is 4.28. The first-order valence-corrected chi connectivity index (χ1v) is 9.59. The van der Waals surface area contributed by atoms with Crippen molar-refractivity contribution >= 4 is 11.9 Å². The van der Waals surface area contributed by atoms with Crippen molar-refractivity contribution in [1.82, 2.24) is 9.62 Å². The molecule has 0 saturated carbocycles. The van der Waals surface area contributed by atoms with Gasteiger partial charge in [-0.1, -0.05) is 18.2 Å². The molecule has 1 N–H and O–H groups in total. The monoisotopic (exact) mass is 389 g/mol. The largest absolute Gasteiger partial charge is 0.488 e. The van der Waals surface area contributed by atoms with E-state index in [4.69, 9.17) is 10.00 Å². The maximum absolute atomic E-state index is 12.2. The molecular weight excluding hydrogens is 368 g/mol. The first-order chi connectivity index (χ1) is 13.1. The summed E-state index contributed by atoms with van der Waals surface area (Å²) in [5, 5.41) is 8.96. The van der Waals surface area contributed by atoms with E-state index in [1.165, 1.54) is 0 Å². The number of nitriles is 1. The van der Waals surface area contributed by atoms with Gasteiger partial charge in [-0.3, -0.25) is 9.62 Å². The molecule has 1 aliphatic heterocycles. The van der Waals surface area contributed by atoms with Crippen LogP contribution in [0.4, 0.5) is 8.78 Å². The van der Waals surface area contributed by atoms with Gasteiger partial charge in [-0.05, 0) is 54.3 Å². The molecule has 1 saturated heterocycles. The SMILES string of the molecule is N#Cc1cccc(SNC2CCN(Cc3ccc(OCC(F)F)cc3)C2)c1. The van der Waals surface area contributed by atoms with Crippen molar-refractivity contribution in [2.45, 2.75) is 30.3 Å². The summed E-state index contributed by atoms with van der Waals surface area (Å²) in [5.41, 5.74) is 1.80. The molecule has 27 heavy (non-hydrogen) atoms. The Morgan fingerprint density at radius 3 is 2.81 bits per heavy atom. The predicted octanol–water partition coefficient (Wildman–Crippen LogP) is 4.07. The van der Waals surface area contributed by atoms with E-state index < -0.39 is 13.0 Å². The maximum Gasteiger partial charge on any atom is 0.272 e. The minimum absolute atomic E-state index is 0.384. The van der Waals surface area contributed by atoms with Crippen LogP contribution in [0.3, 0.4) is 0 Å². The fourth-order valence-corrected chi connectivity index (χ4v) is 3.79. The Morgan fingerprint density at radius 1 is 1.26 bits per heavy atom. The Bertz CT molecular complexity index is 780. The second-order valence-corrected chi connectivity index (χ2v) is 7.34. The molecule has 0 aliphatic carbocycles. The molecule has 0 spiro atoms. The summed E-state index contributed by atoms with van der Waals surface area (Å²) in [6, 6.07) is 17.4. The van der Waals surface area contributed by atoms with Crippen molar-refractivity contribution in [3.8, 4) is 11.8 Å². The topological polar surface area (TPSA) is 48.3 Å². The molecule has 2 aromatic carbocycles. The number of rotatable bonds is 8. The van der Waals surface area contributed by atoms with Gasteiger partial charge in [0.15, 0.2) is 0 Å². The lowest BCUT2D eigenvalue weighted by Gasteiger charge is -2.17. The quantitative estimate of drug-likeness (QED) is 0.690. The van der Waals surface area contributed by atoms with Gasteiger partial charge in [0.1, 0.15) is 12.4 Å². The van der Waals surface area contributed by atoms with E-state index >= 15 is 0 Å². The van der Waals surface area contributed by atoms with E-state index in [2.05, 4.69) is 15.7 Å². The van der Waals surface area contributed by atoms with Crippen molar-refractivity contribution < 1.29 is 13.5 Å². The molecule has 7 heteroatoms. The van der Waals surface area contributed by atoms with E-state index in [0.717, 1.165) is 36.5 Å². The predicted molar refractivity (Wildman–Crippen MR) is 102 cm³/mol. The first kappa shape index (κ1) is 19.6. The normalized spacial score (nSPS) is 17.2.